The van der Waals surface area contributed by atoms with E-state index in [1.54, 1.807) is 47.0 Å². The number of amides is 2. The summed E-state index contributed by atoms with van der Waals surface area (Å²) in [6, 6.07) is 16.2. The molecule has 1 heterocycles. The van der Waals surface area contributed by atoms with E-state index in [9.17, 15) is 22.8 Å². The summed E-state index contributed by atoms with van der Waals surface area (Å²) in [5.41, 5.74) is -0.637. The lowest BCUT2D eigenvalue weighted by atomic mass is 10.2. The monoisotopic (exact) mass is 643 g/mol. The molecule has 0 aliphatic heterocycles. The minimum Gasteiger partial charge on any atom is -0.484 e. The van der Waals surface area contributed by atoms with Crippen molar-refractivity contribution in [3.63, 3.8) is 0 Å². The van der Waals surface area contributed by atoms with Gasteiger partial charge in [0.2, 0.25) is 5.91 Å². The van der Waals surface area contributed by atoms with Crippen LogP contribution in [0.15, 0.2) is 71.9 Å². The largest absolute Gasteiger partial charge is 0.484 e. The van der Waals surface area contributed by atoms with Crippen molar-refractivity contribution in [3.8, 4) is 11.4 Å². The van der Waals surface area contributed by atoms with Gasteiger partial charge in [-0.05, 0) is 48.5 Å². The van der Waals surface area contributed by atoms with Gasteiger partial charge in [-0.3, -0.25) is 14.2 Å². The molecule has 3 aromatic carbocycles. The van der Waals surface area contributed by atoms with Crippen LogP contribution in [0.4, 0.5) is 18.9 Å². The molecule has 0 spiro atoms. The van der Waals surface area contributed by atoms with Gasteiger partial charge in [0.05, 0.1) is 44.3 Å². The van der Waals surface area contributed by atoms with Gasteiger partial charge in [0.25, 0.3) is 5.91 Å². The number of carbonyl (C=O) groups excluding carboxylic acids is 2. The van der Waals surface area contributed by atoms with Gasteiger partial charge in [0.15, 0.2) is 17.6 Å². The number of hydrogen-bond acceptors (Lipinski definition) is 6. The van der Waals surface area contributed by atoms with Crippen molar-refractivity contribution >= 4 is 64.1 Å². The first-order chi connectivity index (χ1) is 19.5. The molecule has 0 aliphatic rings. The molecule has 8 nitrogen and oxygen atoms in total. The first-order valence-corrected chi connectivity index (χ1v) is 13.8. The molecule has 0 radical (unpaired) electrons. The van der Waals surface area contributed by atoms with Gasteiger partial charge in [0, 0.05) is 0 Å². The molecule has 0 saturated heterocycles. The zero-order chi connectivity index (χ0) is 29.6. The summed E-state index contributed by atoms with van der Waals surface area (Å²) >= 11 is 19.2. The van der Waals surface area contributed by atoms with E-state index in [1.165, 1.54) is 0 Å². The Morgan fingerprint density at radius 2 is 1.63 bits per heavy atom. The summed E-state index contributed by atoms with van der Waals surface area (Å²) in [4.78, 5) is 25.0. The molecule has 0 bridgehead atoms. The molecule has 4 rings (SSSR count). The molecule has 0 unspecified atom stereocenters. The average molecular weight is 645 g/mol. The number of nitrogens with zero attached hydrogens (tertiary/aromatic N) is 3. The maximum absolute atomic E-state index is 13.1. The molecule has 214 valence electrons. The predicted molar refractivity (Wildman–Crippen MR) is 151 cm³/mol. The van der Waals surface area contributed by atoms with E-state index in [2.05, 4.69) is 20.8 Å². The van der Waals surface area contributed by atoms with Crippen LogP contribution >= 0.6 is 46.6 Å². The van der Waals surface area contributed by atoms with Crippen molar-refractivity contribution in [3.05, 3.63) is 93.2 Å². The summed E-state index contributed by atoms with van der Waals surface area (Å²) in [5, 5.41) is 14.1. The first-order valence-electron chi connectivity index (χ1n) is 11.6. The molecule has 2 N–H and O–H groups in total. The van der Waals surface area contributed by atoms with Crippen LogP contribution in [0.5, 0.6) is 5.75 Å². The third-order valence-electron chi connectivity index (χ3n) is 5.32. The molecule has 15 heteroatoms. The zero-order valence-electron chi connectivity index (χ0n) is 20.7. The van der Waals surface area contributed by atoms with E-state index in [-0.39, 0.29) is 39.8 Å². The van der Waals surface area contributed by atoms with Gasteiger partial charge in [0.1, 0.15) is 5.75 Å². The predicted octanol–water partition coefficient (Wildman–Crippen LogP) is 6.67. The molecular weight excluding hydrogens is 626 g/mol. The summed E-state index contributed by atoms with van der Waals surface area (Å²) in [5.74, 6) is -0.453. The highest BCUT2D eigenvalue weighted by Crippen LogP contribution is 2.34. The minimum absolute atomic E-state index is 0.0448. The summed E-state index contributed by atoms with van der Waals surface area (Å²) in [7, 11) is 0. The van der Waals surface area contributed by atoms with Gasteiger partial charge in [-0.1, -0.05) is 64.8 Å². The number of alkyl halides is 3. The van der Waals surface area contributed by atoms with Gasteiger partial charge in [-0.25, -0.2) is 0 Å². The lowest BCUT2D eigenvalue weighted by Crippen LogP contribution is -2.29. The van der Waals surface area contributed by atoms with Crippen LogP contribution in [-0.4, -0.2) is 38.9 Å². The summed E-state index contributed by atoms with van der Waals surface area (Å²) in [6.07, 6.45) is -4.60. The van der Waals surface area contributed by atoms with Crippen LogP contribution < -0.4 is 15.4 Å². The fraction of sp³-hybridized carbons (Fsp3) is 0.154. The minimum atomic E-state index is -4.60. The van der Waals surface area contributed by atoms with Gasteiger partial charge >= 0.3 is 6.18 Å². The fourth-order valence-corrected chi connectivity index (χ4v) is 4.63. The van der Waals surface area contributed by atoms with E-state index in [4.69, 9.17) is 39.5 Å². The lowest BCUT2D eigenvalue weighted by molar-refractivity contribution is -0.137. The van der Waals surface area contributed by atoms with Crippen molar-refractivity contribution in [2.24, 2.45) is 0 Å². The number of thioether (sulfide) groups is 1. The normalized spacial score (nSPS) is 11.3. The van der Waals surface area contributed by atoms with Crippen LogP contribution in [0.1, 0.15) is 11.4 Å². The maximum atomic E-state index is 13.1. The van der Waals surface area contributed by atoms with Crippen molar-refractivity contribution < 1.29 is 27.5 Å². The smallest absolute Gasteiger partial charge is 0.416 e. The maximum Gasteiger partial charge on any atom is 0.416 e. The Morgan fingerprint density at radius 3 is 2.34 bits per heavy atom. The number of benzene rings is 3. The number of anilines is 1. The van der Waals surface area contributed by atoms with Gasteiger partial charge in [-0.15, -0.1) is 10.2 Å². The second-order valence-electron chi connectivity index (χ2n) is 8.24. The van der Waals surface area contributed by atoms with Crippen LogP contribution in [0.2, 0.25) is 15.1 Å². The van der Waals surface area contributed by atoms with Crippen LogP contribution in [0.3, 0.4) is 0 Å². The number of carbonyl (C=O) groups is 2. The molecule has 0 fully saturated rings. The summed E-state index contributed by atoms with van der Waals surface area (Å²) in [6.45, 7) is -0.276. The molecule has 4 aromatic rings. The highest BCUT2D eigenvalue weighted by Gasteiger charge is 2.31. The number of nitrogens with one attached hydrogen (secondary N) is 2. The number of rotatable bonds is 10. The Morgan fingerprint density at radius 1 is 0.902 bits per heavy atom. The Balaban J connectivity index is 1.47. The molecular formula is C26H19Cl3F3N5O3S. The van der Waals surface area contributed by atoms with Crippen LogP contribution in [-0.2, 0) is 22.3 Å². The third-order valence-corrected chi connectivity index (χ3v) is 7.32. The van der Waals surface area contributed by atoms with E-state index in [0.717, 1.165) is 30.0 Å². The van der Waals surface area contributed by atoms with Gasteiger partial charge < -0.3 is 15.4 Å². The number of para-hydroxylation sites is 1. The number of aromatic nitrogens is 3. The lowest BCUT2D eigenvalue weighted by Gasteiger charge is -2.13. The Hall–Kier alpha value is -3.45. The van der Waals surface area contributed by atoms with E-state index in [1.807, 2.05) is 6.07 Å². The number of ether oxygens (including phenoxy) is 1. The topological polar surface area (TPSA) is 98.1 Å². The van der Waals surface area contributed by atoms with Gasteiger partial charge in [-0.2, -0.15) is 13.2 Å². The Labute approximate surface area is 251 Å². The third kappa shape index (κ3) is 8.29. The van der Waals surface area contributed by atoms with E-state index >= 15 is 0 Å². The number of hydrogen-bond donors (Lipinski definition) is 2. The standard InChI is InChI=1S/C26H19Cl3F3N5O3S/c27-18-9-7-16(11-20(18)29)37-22(12-33-23(38)13-40-17-4-2-1-3-5-17)35-36-25(37)41-14-24(39)34-21-10-15(26(30,31)32)6-8-19(21)28/h1-11H,12-14H2,(H,33,38)(H,34,39). The first kappa shape index (κ1) is 30.5. The molecule has 0 atom stereocenters. The Kier molecular flexibility index (Phi) is 10.0. The Bertz CT molecular complexity index is 1550. The van der Waals surface area contributed by atoms with Crippen molar-refractivity contribution in [2.45, 2.75) is 17.9 Å². The highest BCUT2D eigenvalue weighted by atomic mass is 35.5. The van der Waals surface area contributed by atoms with Crippen molar-refractivity contribution in [1.82, 2.24) is 20.1 Å². The quantitative estimate of drug-likeness (QED) is 0.187. The van der Waals surface area contributed by atoms with Crippen molar-refractivity contribution in [1.29, 1.82) is 0 Å². The second-order valence-corrected chi connectivity index (χ2v) is 10.4. The number of halogens is 6. The zero-order valence-corrected chi connectivity index (χ0v) is 23.8. The average Bonchev–Trinajstić information content (AvgIpc) is 3.35. The highest BCUT2D eigenvalue weighted by molar-refractivity contribution is 7.99. The molecule has 1 aromatic heterocycles. The summed E-state index contributed by atoms with van der Waals surface area (Å²) < 4.78 is 46.2. The van der Waals surface area contributed by atoms with Crippen LogP contribution in [0.25, 0.3) is 5.69 Å². The van der Waals surface area contributed by atoms with Crippen LogP contribution in [0, 0.1) is 0 Å². The second kappa shape index (κ2) is 13.5. The molecule has 2 amide bonds. The van der Waals surface area contributed by atoms with E-state index in [0.29, 0.717) is 22.3 Å². The fourth-order valence-electron chi connectivity index (χ4n) is 3.40. The molecule has 41 heavy (non-hydrogen) atoms. The molecule has 0 aliphatic carbocycles. The molecule has 0 saturated carbocycles. The van der Waals surface area contributed by atoms with E-state index < -0.39 is 23.6 Å². The van der Waals surface area contributed by atoms with Crippen molar-refractivity contribution in [2.75, 3.05) is 17.7 Å². The SMILES string of the molecule is O=C(COc1ccccc1)NCc1nnc(SCC(=O)Nc2cc(C(F)(F)F)ccc2Cl)n1-c1ccc(Cl)c(Cl)c1.